The van der Waals surface area contributed by atoms with Gasteiger partial charge in [0.05, 0.1) is 6.10 Å². The zero-order valence-electron chi connectivity index (χ0n) is 7.61. The molecule has 2 unspecified atom stereocenters. The predicted octanol–water partition coefficient (Wildman–Crippen LogP) is 2.17. The van der Waals surface area contributed by atoms with E-state index in [9.17, 15) is 0 Å². The molecular formula is C10H15NOS. The fourth-order valence-corrected chi connectivity index (χ4v) is 2.72. The molecule has 1 aliphatic heterocycles. The van der Waals surface area contributed by atoms with Gasteiger partial charge in [0.1, 0.15) is 0 Å². The Kier molecular flexibility index (Phi) is 2.98. The van der Waals surface area contributed by atoms with Gasteiger partial charge < -0.3 is 10.5 Å². The van der Waals surface area contributed by atoms with Gasteiger partial charge in [0, 0.05) is 17.4 Å². The lowest BCUT2D eigenvalue weighted by atomic mass is 9.93. The third-order valence-electron chi connectivity index (χ3n) is 2.57. The van der Waals surface area contributed by atoms with Crippen molar-refractivity contribution < 1.29 is 4.74 Å². The van der Waals surface area contributed by atoms with Crippen molar-refractivity contribution in [2.45, 2.75) is 18.9 Å². The molecule has 1 aliphatic rings. The topological polar surface area (TPSA) is 35.2 Å². The van der Waals surface area contributed by atoms with Crippen LogP contribution in [0.15, 0.2) is 17.5 Å². The fraction of sp³-hybridized carbons (Fsp3) is 0.600. The van der Waals surface area contributed by atoms with E-state index in [1.807, 2.05) is 0 Å². The zero-order chi connectivity index (χ0) is 9.10. The fourth-order valence-electron chi connectivity index (χ4n) is 1.85. The first kappa shape index (κ1) is 9.19. The van der Waals surface area contributed by atoms with Gasteiger partial charge in [0.25, 0.3) is 0 Å². The summed E-state index contributed by atoms with van der Waals surface area (Å²) in [6.07, 6.45) is 2.63. The molecule has 0 amide bonds. The van der Waals surface area contributed by atoms with Crippen molar-refractivity contribution in [3.05, 3.63) is 22.4 Å². The molecule has 2 rings (SSSR count). The van der Waals surface area contributed by atoms with Crippen LogP contribution in [0.1, 0.15) is 23.8 Å². The minimum atomic E-state index is 0.263. The summed E-state index contributed by atoms with van der Waals surface area (Å²) in [5.74, 6) is 0.521. The van der Waals surface area contributed by atoms with Gasteiger partial charge in [-0.25, -0.2) is 0 Å². The highest BCUT2D eigenvalue weighted by Crippen LogP contribution is 2.34. The van der Waals surface area contributed by atoms with Gasteiger partial charge in [-0.05, 0) is 30.8 Å². The molecular weight excluding hydrogens is 182 g/mol. The van der Waals surface area contributed by atoms with E-state index < -0.39 is 0 Å². The summed E-state index contributed by atoms with van der Waals surface area (Å²) >= 11 is 1.77. The first-order valence-corrected chi connectivity index (χ1v) is 5.65. The number of hydrogen-bond donors (Lipinski definition) is 1. The van der Waals surface area contributed by atoms with E-state index in [1.165, 1.54) is 11.3 Å². The molecule has 2 heterocycles. The van der Waals surface area contributed by atoms with Gasteiger partial charge in [0.15, 0.2) is 0 Å². The normalized spacial score (nSPS) is 29.0. The van der Waals surface area contributed by atoms with E-state index >= 15 is 0 Å². The molecule has 2 N–H and O–H groups in total. The molecule has 1 saturated heterocycles. The summed E-state index contributed by atoms with van der Waals surface area (Å²) in [4.78, 5) is 1.33. The van der Waals surface area contributed by atoms with E-state index in [-0.39, 0.29) is 6.10 Å². The molecule has 0 saturated carbocycles. The highest BCUT2D eigenvalue weighted by Gasteiger charge is 2.26. The van der Waals surface area contributed by atoms with Crippen molar-refractivity contribution in [3.8, 4) is 0 Å². The van der Waals surface area contributed by atoms with Crippen molar-refractivity contribution in [1.82, 2.24) is 0 Å². The predicted molar refractivity (Wildman–Crippen MR) is 54.8 cm³/mol. The molecule has 2 atom stereocenters. The second-order valence-corrected chi connectivity index (χ2v) is 4.42. The van der Waals surface area contributed by atoms with Crippen LogP contribution >= 0.6 is 11.3 Å². The Labute approximate surface area is 82.7 Å². The maximum Gasteiger partial charge on any atom is 0.0956 e. The second-order valence-electron chi connectivity index (χ2n) is 3.44. The lowest BCUT2D eigenvalue weighted by Gasteiger charge is -2.30. The van der Waals surface area contributed by atoms with E-state index in [0.717, 1.165) is 19.6 Å². The van der Waals surface area contributed by atoms with Crippen LogP contribution in [0.3, 0.4) is 0 Å². The van der Waals surface area contributed by atoms with Crippen molar-refractivity contribution in [2.75, 3.05) is 13.2 Å². The molecule has 1 aromatic heterocycles. The van der Waals surface area contributed by atoms with Crippen LogP contribution in [0.2, 0.25) is 0 Å². The van der Waals surface area contributed by atoms with Crippen molar-refractivity contribution in [1.29, 1.82) is 0 Å². The monoisotopic (exact) mass is 197 g/mol. The highest BCUT2D eigenvalue weighted by molar-refractivity contribution is 7.10. The molecule has 0 radical (unpaired) electrons. The lowest BCUT2D eigenvalue weighted by molar-refractivity contribution is -0.0229. The number of rotatable bonds is 2. The molecule has 1 fully saturated rings. The molecule has 0 aliphatic carbocycles. The largest absolute Gasteiger partial charge is 0.372 e. The van der Waals surface area contributed by atoms with E-state index in [2.05, 4.69) is 17.5 Å². The van der Waals surface area contributed by atoms with Crippen LogP contribution in [0.4, 0.5) is 0 Å². The Morgan fingerprint density at radius 1 is 1.62 bits per heavy atom. The summed E-state index contributed by atoms with van der Waals surface area (Å²) < 4.78 is 5.76. The molecule has 2 nitrogen and oxygen atoms in total. The number of nitrogens with two attached hydrogens (primary N) is 1. The number of ether oxygens (including phenoxy) is 1. The van der Waals surface area contributed by atoms with Gasteiger partial charge in [-0.15, -0.1) is 11.3 Å². The summed E-state index contributed by atoms with van der Waals surface area (Å²) in [7, 11) is 0. The Bertz CT molecular complexity index is 247. The second kappa shape index (κ2) is 4.22. The Morgan fingerprint density at radius 3 is 3.23 bits per heavy atom. The highest BCUT2D eigenvalue weighted by atomic mass is 32.1. The Morgan fingerprint density at radius 2 is 2.54 bits per heavy atom. The summed E-state index contributed by atoms with van der Waals surface area (Å²) in [5.41, 5.74) is 5.72. The minimum absolute atomic E-state index is 0.263. The Hall–Kier alpha value is -0.380. The quantitative estimate of drug-likeness (QED) is 0.788. The summed E-state index contributed by atoms with van der Waals surface area (Å²) in [6.45, 7) is 1.63. The van der Waals surface area contributed by atoms with Gasteiger partial charge in [-0.3, -0.25) is 0 Å². The zero-order valence-corrected chi connectivity index (χ0v) is 8.43. The minimum Gasteiger partial charge on any atom is -0.372 e. The van der Waals surface area contributed by atoms with Gasteiger partial charge in [0.2, 0.25) is 0 Å². The van der Waals surface area contributed by atoms with Crippen LogP contribution in [-0.4, -0.2) is 13.2 Å². The van der Waals surface area contributed by atoms with E-state index in [1.54, 1.807) is 11.3 Å². The molecule has 0 aromatic carbocycles. The molecule has 13 heavy (non-hydrogen) atoms. The van der Waals surface area contributed by atoms with Gasteiger partial charge in [-0.2, -0.15) is 0 Å². The Balaban J connectivity index is 2.11. The van der Waals surface area contributed by atoms with Crippen molar-refractivity contribution in [2.24, 2.45) is 11.7 Å². The van der Waals surface area contributed by atoms with E-state index in [0.29, 0.717) is 5.92 Å². The summed E-state index contributed by atoms with van der Waals surface area (Å²) in [5, 5.41) is 2.10. The SMILES string of the molecule is NCC1CCCOC1c1cccs1. The van der Waals surface area contributed by atoms with Crippen LogP contribution in [0.25, 0.3) is 0 Å². The first-order valence-electron chi connectivity index (χ1n) is 4.77. The van der Waals surface area contributed by atoms with Crippen LogP contribution in [0.5, 0.6) is 0 Å². The third kappa shape index (κ3) is 1.93. The maximum atomic E-state index is 5.76. The van der Waals surface area contributed by atoms with Crippen LogP contribution in [0, 0.1) is 5.92 Å². The van der Waals surface area contributed by atoms with Crippen molar-refractivity contribution in [3.63, 3.8) is 0 Å². The van der Waals surface area contributed by atoms with Gasteiger partial charge in [-0.1, -0.05) is 6.07 Å². The van der Waals surface area contributed by atoms with Crippen molar-refractivity contribution >= 4 is 11.3 Å². The molecule has 0 bridgehead atoms. The van der Waals surface area contributed by atoms with Gasteiger partial charge >= 0.3 is 0 Å². The molecule has 1 aromatic rings. The smallest absolute Gasteiger partial charge is 0.0956 e. The van der Waals surface area contributed by atoms with E-state index in [4.69, 9.17) is 10.5 Å². The van der Waals surface area contributed by atoms with Crippen LogP contribution in [-0.2, 0) is 4.74 Å². The molecule has 72 valence electrons. The maximum absolute atomic E-state index is 5.76. The third-order valence-corrected chi connectivity index (χ3v) is 3.50. The number of hydrogen-bond acceptors (Lipinski definition) is 3. The first-order chi connectivity index (χ1) is 6.42. The standard InChI is InChI=1S/C10H15NOS/c11-7-8-3-1-5-12-10(8)9-4-2-6-13-9/h2,4,6,8,10H,1,3,5,7,11H2. The number of thiophene rings is 1. The average molecular weight is 197 g/mol. The lowest BCUT2D eigenvalue weighted by Crippen LogP contribution is -2.28. The van der Waals surface area contributed by atoms with Crippen LogP contribution < -0.4 is 5.73 Å². The average Bonchev–Trinajstić information content (AvgIpc) is 2.70. The summed E-state index contributed by atoms with van der Waals surface area (Å²) in [6, 6.07) is 4.22. The molecule has 0 spiro atoms. The molecule has 3 heteroatoms.